The number of anilines is 1. The summed E-state index contributed by atoms with van der Waals surface area (Å²) in [6.07, 6.45) is 3.41. The molecule has 0 bridgehead atoms. The van der Waals surface area contributed by atoms with Crippen LogP contribution in [0.3, 0.4) is 0 Å². The smallest absolute Gasteiger partial charge is 0.264 e. The molecule has 0 unspecified atom stereocenters. The van der Waals surface area contributed by atoms with Crippen LogP contribution in [0.2, 0.25) is 0 Å². The number of carbonyl (C=O) groups is 2. The number of piperidine rings is 1. The van der Waals surface area contributed by atoms with Crippen molar-refractivity contribution < 1.29 is 9.59 Å². The fourth-order valence-electron chi connectivity index (χ4n) is 3.61. The zero-order chi connectivity index (χ0) is 18.2. The monoisotopic (exact) mass is 399 g/mol. The molecule has 2 fully saturated rings. The Morgan fingerprint density at radius 1 is 1.23 bits per heavy atom. The standard InChI is InChI=1S/C19H29N3O2S.ClH/c1-13-11-14(21-17(24)18(2,3)4)25-15(13)16(23)22-9-6-19(7-10-22)5-8-20-12-19;/h11,20H,5-10,12H2,1-4H3,(H,21,24);1H. The Kier molecular flexibility index (Phi) is 6.41. The van der Waals surface area contributed by atoms with Crippen molar-refractivity contribution in [1.29, 1.82) is 0 Å². The summed E-state index contributed by atoms with van der Waals surface area (Å²) >= 11 is 1.39. The van der Waals surface area contributed by atoms with E-state index in [-0.39, 0.29) is 24.2 Å². The van der Waals surface area contributed by atoms with E-state index < -0.39 is 5.41 Å². The van der Waals surface area contributed by atoms with Crippen molar-refractivity contribution >= 4 is 40.6 Å². The lowest BCUT2D eigenvalue weighted by molar-refractivity contribution is -0.123. The van der Waals surface area contributed by atoms with Crippen LogP contribution in [0.4, 0.5) is 5.00 Å². The third-order valence-corrected chi connectivity index (χ3v) is 6.61. The Labute approximate surface area is 166 Å². The van der Waals surface area contributed by atoms with Gasteiger partial charge in [0.15, 0.2) is 0 Å². The highest BCUT2D eigenvalue weighted by atomic mass is 35.5. The van der Waals surface area contributed by atoms with Gasteiger partial charge in [-0.3, -0.25) is 9.59 Å². The van der Waals surface area contributed by atoms with Gasteiger partial charge in [-0.1, -0.05) is 20.8 Å². The normalized spacial score (nSPS) is 19.3. The predicted molar refractivity (Wildman–Crippen MR) is 109 cm³/mol. The summed E-state index contributed by atoms with van der Waals surface area (Å²) in [6.45, 7) is 11.5. The molecule has 7 heteroatoms. The first-order valence-electron chi connectivity index (χ1n) is 9.12. The van der Waals surface area contributed by atoms with Crippen molar-refractivity contribution in [2.75, 3.05) is 31.5 Å². The molecule has 2 N–H and O–H groups in total. The van der Waals surface area contributed by atoms with Gasteiger partial charge in [-0.05, 0) is 49.8 Å². The van der Waals surface area contributed by atoms with E-state index in [1.54, 1.807) is 0 Å². The van der Waals surface area contributed by atoms with E-state index in [1.807, 2.05) is 38.7 Å². The Morgan fingerprint density at radius 2 is 1.88 bits per heavy atom. The number of likely N-dealkylation sites (tertiary alicyclic amines) is 1. The molecular weight excluding hydrogens is 370 g/mol. The quantitative estimate of drug-likeness (QED) is 0.797. The first-order chi connectivity index (χ1) is 11.7. The molecule has 2 aliphatic rings. The van der Waals surface area contributed by atoms with Crippen LogP contribution in [-0.4, -0.2) is 42.9 Å². The Morgan fingerprint density at radius 3 is 2.42 bits per heavy atom. The molecule has 0 saturated carbocycles. The number of rotatable bonds is 2. The van der Waals surface area contributed by atoms with E-state index in [4.69, 9.17) is 0 Å². The van der Waals surface area contributed by atoms with Crippen molar-refractivity contribution in [1.82, 2.24) is 10.2 Å². The molecule has 1 aromatic heterocycles. The van der Waals surface area contributed by atoms with Gasteiger partial charge in [-0.25, -0.2) is 0 Å². The number of hydrogen-bond acceptors (Lipinski definition) is 4. The summed E-state index contributed by atoms with van der Waals surface area (Å²) < 4.78 is 0. The lowest BCUT2D eigenvalue weighted by Gasteiger charge is -2.38. The van der Waals surface area contributed by atoms with Crippen LogP contribution in [0.25, 0.3) is 0 Å². The zero-order valence-electron chi connectivity index (χ0n) is 16.1. The summed E-state index contributed by atoms with van der Waals surface area (Å²) in [7, 11) is 0. The Balaban J connectivity index is 0.00000243. The highest BCUT2D eigenvalue weighted by molar-refractivity contribution is 7.18. The van der Waals surface area contributed by atoms with Crippen LogP contribution < -0.4 is 10.6 Å². The van der Waals surface area contributed by atoms with Gasteiger partial charge in [0, 0.05) is 25.0 Å². The minimum Gasteiger partial charge on any atom is -0.338 e. The molecule has 2 aliphatic heterocycles. The molecule has 0 radical (unpaired) electrons. The summed E-state index contributed by atoms with van der Waals surface area (Å²) in [4.78, 5) is 27.8. The predicted octanol–water partition coefficient (Wildman–Crippen LogP) is 3.68. The zero-order valence-corrected chi connectivity index (χ0v) is 17.7. The summed E-state index contributed by atoms with van der Waals surface area (Å²) in [5.41, 5.74) is 0.910. The average molecular weight is 400 g/mol. The number of carbonyl (C=O) groups excluding carboxylic acids is 2. The van der Waals surface area contributed by atoms with Crippen molar-refractivity contribution in [3.63, 3.8) is 0 Å². The van der Waals surface area contributed by atoms with E-state index in [0.29, 0.717) is 5.41 Å². The average Bonchev–Trinajstić information content (AvgIpc) is 3.13. The summed E-state index contributed by atoms with van der Waals surface area (Å²) in [5.74, 6) is 0.0842. The Bertz CT molecular complexity index is 665. The van der Waals surface area contributed by atoms with Crippen molar-refractivity contribution in [3.8, 4) is 0 Å². The number of nitrogens with one attached hydrogen (secondary N) is 2. The molecule has 0 aliphatic carbocycles. The van der Waals surface area contributed by atoms with Crippen LogP contribution in [0, 0.1) is 17.8 Å². The van der Waals surface area contributed by atoms with Gasteiger partial charge in [0.1, 0.15) is 0 Å². The number of nitrogens with zero attached hydrogens (tertiary/aromatic N) is 1. The topological polar surface area (TPSA) is 61.4 Å². The molecule has 26 heavy (non-hydrogen) atoms. The third kappa shape index (κ3) is 4.41. The fourth-order valence-corrected chi connectivity index (χ4v) is 4.64. The van der Waals surface area contributed by atoms with Gasteiger partial charge >= 0.3 is 0 Å². The van der Waals surface area contributed by atoms with Gasteiger partial charge in [0.25, 0.3) is 5.91 Å². The number of thiophene rings is 1. The van der Waals surface area contributed by atoms with E-state index in [9.17, 15) is 9.59 Å². The largest absolute Gasteiger partial charge is 0.338 e. The van der Waals surface area contributed by atoms with Crippen molar-refractivity contribution in [2.45, 2.75) is 47.0 Å². The fraction of sp³-hybridized carbons (Fsp3) is 0.684. The lowest BCUT2D eigenvalue weighted by atomic mass is 9.78. The molecule has 2 amide bonds. The van der Waals surface area contributed by atoms with Crippen molar-refractivity contribution in [3.05, 3.63) is 16.5 Å². The molecule has 5 nitrogen and oxygen atoms in total. The lowest BCUT2D eigenvalue weighted by Crippen LogP contribution is -2.43. The Hall–Kier alpha value is -1.11. The summed E-state index contributed by atoms with van der Waals surface area (Å²) in [5, 5.41) is 7.16. The van der Waals surface area contributed by atoms with Crippen LogP contribution in [0.1, 0.15) is 55.3 Å². The van der Waals surface area contributed by atoms with E-state index >= 15 is 0 Å². The van der Waals surface area contributed by atoms with Gasteiger partial charge in [0.2, 0.25) is 5.91 Å². The van der Waals surface area contributed by atoms with Gasteiger partial charge in [0.05, 0.1) is 9.88 Å². The minimum absolute atomic E-state index is 0. The second-order valence-corrected chi connectivity index (χ2v) is 9.60. The number of aryl methyl sites for hydroxylation is 1. The molecule has 0 atom stereocenters. The molecular formula is C19H30ClN3O2S. The van der Waals surface area contributed by atoms with Crippen molar-refractivity contribution in [2.24, 2.45) is 10.8 Å². The molecule has 3 heterocycles. The van der Waals surface area contributed by atoms with E-state index in [1.165, 1.54) is 17.8 Å². The molecule has 1 aromatic rings. The second kappa shape index (κ2) is 7.87. The number of halogens is 1. The SMILES string of the molecule is Cc1cc(NC(=O)C(C)(C)C)sc1C(=O)N1CCC2(CCNC2)CC1.Cl. The molecule has 3 rings (SSSR count). The second-order valence-electron chi connectivity index (χ2n) is 8.55. The maximum Gasteiger partial charge on any atom is 0.264 e. The van der Waals surface area contributed by atoms with Gasteiger partial charge < -0.3 is 15.5 Å². The number of hydrogen-bond donors (Lipinski definition) is 2. The van der Waals surface area contributed by atoms with Gasteiger partial charge in [-0.2, -0.15) is 0 Å². The first kappa shape index (κ1) is 21.2. The van der Waals surface area contributed by atoms with Crippen LogP contribution in [0.15, 0.2) is 6.07 Å². The van der Waals surface area contributed by atoms with E-state index in [0.717, 1.165) is 54.5 Å². The molecule has 2 saturated heterocycles. The van der Waals surface area contributed by atoms with Crippen LogP contribution in [-0.2, 0) is 4.79 Å². The molecule has 146 valence electrons. The van der Waals surface area contributed by atoms with Crippen LogP contribution in [0.5, 0.6) is 0 Å². The first-order valence-corrected chi connectivity index (χ1v) is 9.94. The van der Waals surface area contributed by atoms with Crippen LogP contribution >= 0.6 is 23.7 Å². The van der Waals surface area contributed by atoms with E-state index in [2.05, 4.69) is 10.6 Å². The highest BCUT2D eigenvalue weighted by Crippen LogP contribution is 2.38. The minimum atomic E-state index is -0.446. The number of amides is 2. The van der Waals surface area contributed by atoms with Gasteiger partial charge in [-0.15, -0.1) is 23.7 Å². The third-order valence-electron chi connectivity index (χ3n) is 5.47. The maximum absolute atomic E-state index is 12.9. The maximum atomic E-state index is 12.9. The summed E-state index contributed by atoms with van der Waals surface area (Å²) in [6, 6.07) is 1.91. The molecule has 1 spiro atoms. The molecule has 0 aromatic carbocycles. The highest BCUT2D eigenvalue weighted by Gasteiger charge is 2.38.